The van der Waals surface area contributed by atoms with Crippen LogP contribution in [0, 0.1) is 13.8 Å². The topological polar surface area (TPSA) is 86.8 Å². The second kappa shape index (κ2) is 15.0. The van der Waals surface area contributed by atoms with Gasteiger partial charge < -0.3 is 10.2 Å². The molecule has 4 aromatic rings. The second-order valence-electron chi connectivity index (χ2n) is 10.8. The Kier molecular flexibility index (Phi) is 11.2. The zero-order chi connectivity index (χ0) is 31.7. The van der Waals surface area contributed by atoms with Gasteiger partial charge in [0.1, 0.15) is 12.6 Å². The van der Waals surface area contributed by atoms with Crippen molar-refractivity contribution in [3.05, 3.63) is 130 Å². The number of amides is 2. The SMILES string of the molecule is CCCNC(=O)C(Cc1ccccc1)N(Cc1ccc(C)cc1)C(=O)CN(c1ccc(Cl)cc1)S(=O)(=O)c1ccc(C)cc1. The van der Waals surface area contributed by atoms with Crippen LogP contribution in [-0.2, 0) is 32.6 Å². The van der Waals surface area contributed by atoms with Gasteiger partial charge in [0.15, 0.2) is 0 Å². The number of aryl methyl sites for hydroxylation is 2. The van der Waals surface area contributed by atoms with Crippen molar-refractivity contribution >= 4 is 39.1 Å². The third kappa shape index (κ3) is 8.49. The average molecular weight is 632 g/mol. The normalized spacial score (nSPS) is 11.9. The number of carbonyl (C=O) groups excluding carboxylic acids is 2. The average Bonchev–Trinajstić information content (AvgIpc) is 3.02. The summed E-state index contributed by atoms with van der Waals surface area (Å²) in [5.41, 5.74) is 3.96. The molecule has 0 saturated carbocycles. The summed E-state index contributed by atoms with van der Waals surface area (Å²) in [6.45, 7) is 5.86. The van der Waals surface area contributed by atoms with Gasteiger partial charge in [0, 0.05) is 24.5 Å². The van der Waals surface area contributed by atoms with E-state index in [9.17, 15) is 18.0 Å². The van der Waals surface area contributed by atoms with Gasteiger partial charge in [-0.15, -0.1) is 0 Å². The summed E-state index contributed by atoms with van der Waals surface area (Å²) in [6.07, 6.45) is 0.995. The van der Waals surface area contributed by atoms with Crippen LogP contribution < -0.4 is 9.62 Å². The number of hydrogen-bond donors (Lipinski definition) is 1. The predicted octanol–water partition coefficient (Wildman–Crippen LogP) is 6.32. The fourth-order valence-corrected chi connectivity index (χ4v) is 6.32. The van der Waals surface area contributed by atoms with E-state index in [2.05, 4.69) is 5.32 Å². The monoisotopic (exact) mass is 631 g/mol. The van der Waals surface area contributed by atoms with E-state index >= 15 is 0 Å². The van der Waals surface area contributed by atoms with Crippen LogP contribution in [0.5, 0.6) is 0 Å². The highest BCUT2D eigenvalue weighted by atomic mass is 35.5. The van der Waals surface area contributed by atoms with E-state index in [1.165, 1.54) is 17.0 Å². The van der Waals surface area contributed by atoms with E-state index in [0.717, 1.165) is 33.0 Å². The predicted molar refractivity (Wildman–Crippen MR) is 176 cm³/mol. The Balaban J connectivity index is 1.78. The number of hydrogen-bond acceptors (Lipinski definition) is 4. The molecule has 0 saturated heterocycles. The highest BCUT2D eigenvalue weighted by Gasteiger charge is 2.34. The Hall–Kier alpha value is -4.14. The minimum atomic E-state index is -4.17. The smallest absolute Gasteiger partial charge is 0.264 e. The van der Waals surface area contributed by atoms with Crippen LogP contribution in [0.2, 0.25) is 5.02 Å². The highest BCUT2D eigenvalue weighted by Crippen LogP contribution is 2.26. The molecule has 4 rings (SSSR count). The van der Waals surface area contributed by atoms with Crippen molar-refractivity contribution in [3.8, 4) is 0 Å². The molecular formula is C35H38ClN3O4S. The van der Waals surface area contributed by atoms with Gasteiger partial charge in [-0.25, -0.2) is 8.42 Å². The fourth-order valence-electron chi connectivity index (χ4n) is 4.78. The first kappa shape index (κ1) is 32.8. The first-order chi connectivity index (χ1) is 21.1. The molecule has 0 spiro atoms. The standard InChI is InChI=1S/C35H38ClN3O4S/c1-4-22-37-35(41)33(23-28-8-6-5-7-9-28)38(24-29-14-10-26(2)11-15-29)34(40)25-39(31-18-16-30(36)17-19-31)44(42,43)32-20-12-27(3)13-21-32/h5-21,33H,4,22-25H2,1-3H3,(H,37,41). The molecule has 4 aromatic carbocycles. The Bertz CT molecular complexity index is 1640. The number of nitrogens with zero attached hydrogens (tertiary/aromatic N) is 2. The molecule has 0 aromatic heterocycles. The third-order valence-electron chi connectivity index (χ3n) is 7.30. The first-order valence-electron chi connectivity index (χ1n) is 14.6. The Morgan fingerprint density at radius 2 is 1.39 bits per heavy atom. The van der Waals surface area contributed by atoms with E-state index in [1.54, 1.807) is 36.4 Å². The van der Waals surface area contributed by atoms with Crippen LogP contribution in [-0.4, -0.2) is 44.3 Å². The molecule has 1 atom stereocenters. The summed E-state index contributed by atoms with van der Waals surface area (Å²) in [5, 5.41) is 3.39. The summed E-state index contributed by atoms with van der Waals surface area (Å²) in [5.74, 6) is -0.806. The van der Waals surface area contributed by atoms with Gasteiger partial charge in [-0.1, -0.05) is 96.4 Å². The lowest BCUT2D eigenvalue weighted by atomic mass is 10.0. The lowest BCUT2D eigenvalue weighted by Crippen LogP contribution is -2.53. The zero-order valence-electron chi connectivity index (χ0n) is 25.2. The number of carbonyl (C=O) groups is 2. The van der Waals surface area contributed by atoms with Crippen LogP contribution in [0.15, 0.2) is 108 Å². The van der Waals surface area contributed by atoms with Gasteiger partial charge in [-0.3, -0.25) is 13.9 Å². The minimum absolute atomic E-state index is 0.0532. The molecule has 44 heavy (non-hydrogen) atoms. The molecule has 1 unspecified atom stereocenters. The number of nitrogens with one attached hydrogen (secondary N) is 1. The number of halogens is 1. The molecule has 0 aliphatic rings. The van der Waals surface area contributed by atoms with Crippen molar-refractivity contribution in [1.29, 1.82) is 0 Å². The summed E-state index contributed by atoms with van der Waals surface area (Å²) in [4.78, 5) is 29.7. The molecule has 7 nitrogen and oxygen atoms in total. The van der Waals surface area contributed by atoms with Crippen molar-refractivity contribution < 1.29 is 18.0 Å². The van der Waals surface area contributed by atoms with E-state index in [4.69, 9.17) is 11.6 Å². The van der Waals surface area contributed by atoms with Crippen LogP contribution in [0.25, 0.3) is 0 Å². The molecular weight excluding hydrogens is 594 g/mol. The molecule has 0 radical (unpaired) electrons. The molecule has 0 aliphatic carbocycles. The number of anilines is 1. The van der Waals surface area contributed by atoms with Gasteiger partial charge in [-0.2, -0.15) is 0 Å². The third-order valence-corrected chi connectivity index (χ3v) is 9.34. The van der Waals surface area contributed by atoms with Crippen molar-refractivity contribution in [2.24, 2.45) is 0 Å². The Morgan fingerprint density at radius 1 is 0.795 bits per heavy atom. The van der Waals surface area contributed by atoms with Crippen molar-refractivity contribution in [3.63, 3.8) is 0 Å². The summed E-state index contributed by atoms with van der Waals surface area (Å²) >= 11 is 6.13. The molecule has 0 bridgehead atoms. The summed E-state index contributed by atoms with van der Waals surface area (Å²) in [7, 11) is -4.17. The van der Waals surface area contributed by atoms with Gasteiger partial charge >= 0.3 is 0 Å². The fraction of sp³-hybridized carbons (Fsp3) is 0.257. The van der Waals surface area contributed by atoms with Crippen molar-refractivity contribution in [2.75, 3.05) is 17.4 Å². The minimum Gasteiger partial charge on any atom is -0.354 e. The van der Waals surface area contributed by atoms with Crippen LogP contribution in [0.4, 0.5) is 5.69 Å². The van der Waals surface area contributed by atoms with Gasteiger partial charge in [-0.05, 0) is 67.8 Å². The summed E-state index contributed by atoms with van der Waals surface area (Å²) < 4.78 is 29.2. The highest BCUT2D eigenvalue weighted by molar-refractivity contribution is 7.92. The maximum absolute atomic E-state index is 14.4. The largest absolute Gasteiger partial charge is 0.354 e. The quantitative estimate of drug-likeness (QED) is 0.187. The van der Waals surface area contributed by atoms with Gasteiger partial charge in [0.25, 0.3) is 10.0 Å². The molecule has 0 aliphatic heterocycles. The molecule has 1 N–H and O–H groups in total. The number of sulfonamides is 1. The molecule has 0 fully saturated rings. The number of benzene rings is 4. The molecule has 230 valence electrons. The maximum atomic E-state index is 14.4. The summed E-state index contributed by atoms with van der Waals surface area (Å²) in [6, 6.07) is 29.1. The van der Waals surface area contributed by atoms with Gasteiger partial charge in [0.2, 0.25) is 11.8 Å². The van der Waals surface area contributed by atoms with E-state index < -0.39 is 28.5 Å². The Morgan fingerprint density at radius 3 is 1.98 bits per heavy atom. The Labute approximate surface area is 265 Å². The first-order valence-corrected chi connectivity index (χ1v) is 16.4. The lowest BCUT2D eigenvalue weighted by molar-refractivity contribution is -0.140. The number of rotatable bonds is 13. The van der Waals surface area contributed by atoms with E-state index in [1.807, 2.05) is 75.4 Å². The lowest BCUT2D eigenvalue weighted by Gasteiger charge is -2.34. The van der Waals surface area contributed by atoms with E-state index in [0.29, 0.717) is 11.6 Å². The zero-order valence-corrected chi connectivity index (χ0v) is 26.8. The van der Waals surface area contributed by atoms with E-state index in [-0.39, 0.29) is 29.5 Å². The van der Waals surface area contributed by atoms with Crippen LogP contribution in [0.1, 0.15) is 35.6 Å². The maximum Gasteiger partial charge on any atom is 0.264 e. The van der Waals surface area contributed by atoms with Crippen molar-refractivity contribution in [1.82, 2.24) is 10.2 Å². The van der Waals surface area contributed by atoms with Crippen molar-refractivity contribution in [2.45, 2.75) is 51.1 Å². The second-order valence-corrected chi connectivity index (χ2v) is 13.1. The molecule has 2 amide bonds. The van der Waals surface area contributed by atoms with Crippen LogP contribution >= 0.6 is 11.6 Å². The van der Waals surface area contributed by atoms with Gasteiger partial charge in [0.05, 0.1) is 10.6 Å². The molecule has 0 heterocycles. The van der Waals surface area contributed by atoms with Crippen LogP contribution in [0.3, 0.4) is 0 Å². The molecule has 9 heteroatoms.